The van der Waals surface area contributed by atoms with Crippen LogP contribution in [0.1, 0.15) is 96.0 Å². The first-order valence-electron chi connectivity index (χ1n) is 15.4. The van der Waals surface area contributed by atoms with Gasteiger partial charge in [0.1, 0.15) is 11.6 Å². The van der Waals surface area contributed by atoms with Crippen LogP contribution < -0.4 is 16.0 Å². The Morgan fingerprint density at radius 3 is 2.67 bits per heavy atom. The molecule has 3 N–H and O–H groups in total. The van der Waals surface area contributed by atoms with Crippen LogP contribution in [-0.4, -0.2) is 62.0 Å². The molecular formula is C32H47N5O4S2. The van der Waals surface area contributed by atoms with Gasteiger partial charge in [0.15, 0.2) is 5.12 Å². The van der Waals surface area contributed by atoms with Crippen LogP contribution in [0.25, 0.3) is 0 Å². The molecule has 0 radical (unpaired) electrons. The summed E-state index contributed by atoms with van der Waals surface area (Å²) in [6.07, 6.45) is 10.6. The molecule has 2 aliphatic rings. The largest absolute Gasteiger partial charge is 0.350 e. The van der Waals surface area contributed by atoms with Crippen molar-refractivity contribution in [3.8, 4) is 0 Å². The van der Waals surface area contributed by atoms with Crippen molar-refractivity contribution in [2.45, 2.75) is 110 Å². The molecule has 43 heavy (non-hydrogen) atoms. The van der Waals surface area contributed by atoms with E-state index < -0.39 is 17.6 Å². The molecule has 1 aromatic heterocycles. The molecule has 0 aliphatic carbocycles. The molecule has 3 heterocycles. The van der Waals surface area contributed by atoms with Gasteiger partial charge >= 0.3 is 0 Å². The van der Waals surface area contributed by atoms with Crippen molar-refractivity contribution < 1.29 is 19.2 Å². The molecule has 0 fully saturated rings. The molecule has 1 unspecified atom stereocenters. The number of aliphatic imine (C=N–C) groups is 1. The highest BCUT2D eigenvalue weighted by Gasteiger charge is 2.41. The Hall–Kier alpha value is -2.66. The monoisotopic (exact) mass is 629 g/mol. The number of fused-ring (bicyclic) bond motifs is 4. The van der Waals surface area contributed by atoms with Gasteiger partial charge in [0.05, 0.1) is 29.7 Å². The number of unbranched alkanes of at least 4 members (excludes halogenated alkanes) is 4. The number of rotatable bonds is 11. The van der Waals surface area contributed by atoms with Crippen molar-refractivity contribution in [3.63, 3.8) is 0 Å². The molecule has 3 atom stereocenters. The fraction of sp³-hybridized carbons (Fsp3) is 0.625. The zero-order valence-corrected chi connectivity index (χ0v) is 27.8. The molecule has 0 saturated heterocycles. The SMILES string of the molecule is CCCCCCCC(=O)SCC/C=C/[C@@H]1CC(=O)NCc2cc(cc(C)n2)C2=N[C@@](C)(CS2)C(=O)NC(C(C)C)C(=O)N1. The van der Waals surface area contributed by atoms with Crippen molar-refractivity contribution >= 4 is 51.4 Å². The molecule has 0 spiro atoms. The number of nitrogens with zero attached hydrogens (tertiary/aromatic N) is 2. The van der Waals surface area contributed by atoms with Gasteiger partial charge in [-0.15, -0.1) is 11.8 Å². The summed E-state index contributed by atoms with van der Waals surface area (Å²) in [4.78, 5) is 61.4. The van der Waals surface area contributed by atoms with E-state index in [-0.39, 0.29) is 41.7 Å². The average molecular weight is 630 g/mol. The third-order valence-corrected chi connectivity index (χ3v) is 9.69. The van der Waals surface area contributed by atoms with Crippen LogP contribution in [0.2, 0.25) is 0 Å². The van der Waals surface area contributed by atoms with Gasteiger partial charge in [-0.2, -0.15) is 0 Å². The first kappa shape index (κ1) is 34.8. The first-order chi connectivity index (χ1) is 20.5. The minimum atomic E-state index is -1.01. The van der Waals surface area contributed by atoms with Gasteiger partial charge in [0.25, 0.3) is 0 Å². The number of pyridine rings is 1. The van der Waals surface area contributed by atoms with Crippen molar-refractivity contribution in [3.05, 3.63) is 41.2 Å². The van der Waals surface area contributed by atoms with E-state index in [1.807, 2.05) is 45.1 Å². The quantitative estimate of drug-likeness (QED) is 0.236. The van der Waals surface area contributed by atoms with Crippen LogP contribution in [0, 0.1) is 12.8 Å². The standard InChI is InChI=1S/C32H47N5O4S2/c1-6-7-8-9-10-14-27(39)42-15-12-11-13-24-18-26(38)33-19-25-17-23(16-22(4)34-25)30-37-32(5,20-43-30)31(41)36-28(21(2)3)29(40)35-24/h11,13,16-17,21,24,28H,6-10,12,14-15,18-20H2,1-5H3,(H,33,38)(H,35,40)(H,36,41)/b13-11+/t24-,28?,32+/m1/s1. The fourth-order valence-electron chi connectivity index (χ4n) is 4.89. The lowest BCUT2D eigenvalue weighted by Crippen LogP contribution is -2.56. The molecule has 3 amide bonds. The summed E-state index contributed by atoms with van der Waals surface area (Å²) in [5, 5.41) is 9.78. The number of carbonyl (C=O) groups is 4. The predicted molar refractivity (Wildman–Crippen MR) is 176 cm³/mol. The van der Waals surface area contributed by atoms with Crippen LogP contribution in [0.15, 0.2) is 29.3 Å². The molecule has 4 bridgehead atoms. The topological polar surface area (TPSA) is 130 Å². The van der Waals surface area contributed by atoms with Gasteiger partial charge in [-0.3, -0.25) is 29.2 Å². The summed E-state index contributed by atoms with van der Waals surface area (Å²) >= 11 is 2.83. The lowest BCUT2D eigenvalue weighted by molar-refractivity contribution is -0.132. The number of hydrogen-bond donors (Lipinski definition) is 3. The van der Waals surface area contributed by atoms with E-state index in [0.717, 1.165) is 29.1 Å². The van der Waals surface area contributed by atoms with Gasteiger partial charge in [0, 0.05) is 29.2 Å². The Kier molecular flexibility index (Phi) is 13.8. The fourth-order valence-corrected chi connectivity index (χ4v) is 6.83. The minimum absolute atomic E-state index is 0.0315. The number of amides is 3. The second-order valence-corrected chi connectivity index (χ2v) is 14.0. The van der Waals surface area contributed by atoms with Gasteiger partial charge in [-0.1, -0.05) is 70.4 Å². The summed E-state index contributed by atoms with van der Waals surface area (Å²) < 4.78 is 0. The highest BCUT2D eigenvalue weighted by molar-refractivity contribution is 8.14. The lowest BCUT2D eigenvalue weighted by Gasteiger charge is -2.27. The molecule has 9 nitrogen and oxygen atoms in total. The first-order valence-corrected chi connectivity index (χ1v) is 17.4. The summed E-state index contributed by atoms with van der Waals surface area (Å²) in [6, 6.07) is 2.45. The van der Waals surface area contributed by atoms with Crippen LogP contribution in [0.3, 0.4) is 0 Å². The third-order valence-electron chi connectivity index (χ3n) is 7.42. The van der Waals surface area contributed by atoms with Crippen LogP contribution in [0.5, 0.6) is 0 Å². The summed E-state index contributed by atoms with van der Waals surface area (Å²) in [6.45, 7) is 9.84. The van der Waals surface area contributed by atoms with Crippen molar-refractivity contribution in [2.75, 3.05) is 11.5 Å². The van der Waals surface area contributed by atoms with Crippen LogP contribution in [0.4, 0.5) is 0 Å². The number of allylic oxidation sites excluding steroid dienone is 1. The second-order valence-electron chi connectivity index (χ2n) is 11.9. The molecular weight excluding hydrogens is 583 g/mol. The molecule has 0 aromatic carbocycles. The minimum Gasteiger partial charge on any atom is -0.350 e. The van der Waals surface area contributed by atoms with Gasteiger partial charge in [-0.25, -0.2) is 0 Å². The highest BCUT2D eigenvalue weighted by Crippen LogP contribution is 2.32. The maximum Gasteiger partial charge on any atom is 0.249 e. The summed E-state index contributed by atoms with van der Waals surface area (Å²) in [5.41, 5.74) is 1.34. The molecule has 3 rings (SSSR count). The van der Waals surface area contributed by atoms with Gasteiger partial charge in [0.2, 0.25) is 17.7 Å². The Labute approximate surface area is 264 Å². The molecule has 2 aliphatic heterocycles. The Bertz CT molecular complexity index is 1220. The maximum absolute atomic E-state index is 13.5. The van der Waals surface area contributed by atoms with E-state index in [4.69, 9.17) is 4.99 Å². The van der Waals surface area contributed by atoms with E-state index >= 15 is 0 Å². The van der Waals surface area contributed by atoms with Crippen molar-refractivity contribution in [1.82, 2.24) is 20.9 Å². The third kappa shape index (κ3) is 11.1. The van der Waals surface area contributed by atoms with Crippen LogP contribution >= 0.6 is 23.5 Å². The maximum atomic E-state index is 13.5. The van der Waals surface area contributed by atoms with E-state index in [1.54, 1.807) is 6.92 Å². The summed E-state index contributed by atoms with van der Waals surface area (Å²) in [7, 11) is 0. The number of aromatic nitrogens is 1. The van der Waals surface area contributed by atoms with E-state index in [2.05, 4.69) is 27.9 Å². The summed E-state index contributed by atoms with van der Waals surface area (Å²) in [5.74, 6) is 0.0217. The Morgan fingerprint density at radius 1 is 1.16 bits per heavy atom. The number of thioether (sulfide) groups is 2. The average Bonchev–Trinajstić information content (AvgIpc) is 3.36. The van der Waals surface area contributed by atoms with Crippen molar-refractivity contribution in [2.24, 2.45) is 10.9 Å². The van der Waals surface area contributed by atoms with Gasteiger partial charge in [-0.05, 0) is 44.7 Å². The zero-order valence-electron chi connectivity index (χ0n) is 26.2. The smallest absolute Gasteiger partial charge is 0.249 e. The predicted octanol–water partition coefficient (Wildman–Crippen LogP) is 4.85. The van der Waals surface area contributed by atoms with E-state index in [0.29, 0.717) is 30.0 Å². The number of carbonyl (C=O) groups excluding carboxylic acids is 4. The lowest BCUT2D eigenvalue weighted by atomic mass is 9.99. The highest BCUT2D eigenvalue weighted by atomic mass is 32.2. The number of nitrogens with one attached hydrogen (secondary N) is 3. The van der Waals surface area contributed by atoms with E-state index in [1.165, 1.54) is 42.8 Å². The van der Waals surface area contributed by atoms with Gasteiger partial charge < -0.3 is 16.0 Å². The molecule has 0 saturated carbocycles. The second kappa shape index (κ2) is 17.0. The Morgan fingerprint density at radius 2 is 1.93 bits per heavy atom. The van der Waals surface area contributed by atoms with Crippen molar-refractivity contribution in [1.29, 1.82) is 0 Å². The normalized spacial score (nSPS) is 23.2. The number of hydrogen-bond acceptors (Lipinski definition) is 8. The molecule has 1 aromatic rings. The number of aryl methyl sites for hydroxylation is 1. The van der Waals surface area contributed by atoms with Crippen LogP contribution in [-0.2, 0) is 25.7 Å². The zero-order chi connectivity index (χ0) is 31.4. The molecule has 236 valence electrons. The Balaban J connectivity index is 1.72. The molecule has 11 heteroatoms. The van der Waals surface area contributed by atoms with E-state index in [9.17, 15) is 19.2 Å².